The number of sulfonamides is 1. The van der Waals surface area contributed by atoms with Gasteiger partial charge in [0.05, 0.1) is 16.3 Å². The van der Waals surface area contributed by atoms with Gasteiger partial charge in [0.15, 0.2) is 0 Å². The first-order valence-electron chi connectivity index (χ1n) is 5.61. The third-order valence-corrected chi connectivity index (χ3v) is 3.53. The van der Waals surface area contributed by atoms with Crippen LogP contribution in [0.3, 0.4) is 0 Å². The summed E-state index contributed by atoms with van der Waals surface area (Å²) in [5, 5.41) is 16.9. The third-order valence-electron chi connectivity index (χ3n) is 2.62. The van der Waals surface area contributed by atoms with Gasteiger partial charge in [-0.3, -0.25) is 0 Å². The fourth-order valence-corrected chi connectivity index (χ4v) is 2.01. The van der Waals surface area contributed by atoms with E-state index in [2.05, 4.69) is 5.32 Å². The molecule has 1 unspecified atom stereocenters. The van der Waals surface area contributed by atoms with Gasteiger partial charge in [0, 0.05) is 13.2 Å². The SMILES string of the molecule is CC(CCO)CNc1cc(S(N)(=O)=O)ccc1N. The fourth-order valence-electron chi connectivity index (χ4n) is 1.47. The highest BCUT2D eigenvalue weighted by Gasteiger charge is 2.10. The lowest BCUT2D eigenvalue weighted by Gasteiger charge is -2.14. The zero-order valence-corrected chi connectivity index (χ0v) is 11.1. The molecule has 6 nitrogen and oxygen atoms in total. The average Bonchev–Trinajstić information content (AvgIpc) is 2.26. The maximum atomic E-state index is 11.2. The summed E-state index contributed by atoms with van der Waals surface area (Å²) in [7, 11) is -3.73. The lowest BCUT2D eigenvalue weighted by atomic mass is 10.1. The van der Waals surface area contributed by atoms with Gasteiger partial charge in [-0.1, -0.05) is 6.92 Å². The van der Waals surface area contributed by atoms with E-state index in [0.717, 1.165) is 0 Å². The zero-order chi connectivity index (χ0) is 13.8. The zero-order valence-electron chi connectivity index (χ0n) is 10.3. The number of rotatable bonds is 6. The van der Waals surface area contributed by atoms with Crippen molar-refractivity contribution in [2.45, 2.75) is 18.2 Å². The van der Waals surface area contributed by atoms with Crippen molar-refractivity contribution in [3.63, 3.8) is 0 Å². The van der Waals surface area contributed by atoms with Crippen LogP contribution in [0.4, 0.5) is 11.4 Å². The molecule has 0 aliphatic rings. The number of benzene rings is 1. The maximum absolute atomic E-state index is 11.2. The highest BCUT2D eigenvalue weighted by molar-refractivity contribution is 7.89. The Balaban J connectivity index is 2.82. The number of nitrogen functional groups attached to an aromatic ring is 1. The van der Waals surface area contributed by atoms with Gasteiger partial charge in [-0.05, 0) is 30.5 Å². The summed E-state index contributed by atoms with van der Waals surface area (Å²) in [5.41, 5.74) is 6.74. The Kier molecular flexibility index (Phi) is 4.94. The number of nitrogens with two attached hydrogens (primary N) is 2. The molecular weight excluding hydrogens is 254 g/mol. The number of nitrogens with one attached hydrogen (secondary N) is 1. The van der Waals surface area contributed by atoms with Crippen LogP contribution in [0.15, 0.2) is 23.1 Å². The van der Waals surface area contributed by atoms with Gasteiger partial charge in [0.25, 0.3) is 0 Å². The summed E-state index contributed by atoms with van der Waals surface area (Å²) >= 11 is 0. The Bertz CT molecular complexity index is 502. The molecule has 0 amide bonds. The molecule has 0 radical (unpaired) electrons. The minimum atomic E-state index is -3.73. The van der Waals surface area contributed by atoms with E-state index in [-0.39, 0.29) is 17.4 Å². The van der Waals surface area contributed by atoms with Crippen LogP contribution in [-0.2, 0) is 10.0 Å². The summed E-state index contributed by atoms with van der Waals surface area (Å²) < 4.78 is 22.4. The highest BCUT2D eigenvalue weighted by Crippen LogP contribution is 2.22. The van der Waals surface area contributed by atoms with Crippen molar-refractivity contribution in [2.24, 2.45) is 11.1 Å². The van der Waals surface area contributed by atoms with E-state index in [1.54, 1.807) is 0 Å². The first-order chi connectivity index (χ1) is 8.34. The molecule has 1 aromatic carbocycles. The topological polar surface area (TPSA) is 118 Å². The predicted octanol–water partition coefficient (Wildman–Crippen LogP) is 0.347. The molecule has 102 valence electrons. The van der Waals surface area contributed by atoms with Crippen molar-refractivity contribution in [1.82, 2.24) is 0 Å². The van der Waals surface area contributed by atoms with E-state index in [0.29, 0.717) is 24.3 Å². The normalized spacial score (nSPS) is 13.3. The van der Waals surface area contributed by atoms with Gasteiger partial charge in [-0.2, -0.15) is 0 Å². The van der Waals surface area contributed by atoms with E-state index < -0.39 is 10.0 Å². The van der Waals surface area contributed by atoms with Crippen molar-refractivity contribution in [3.05, 3.63) is 18.2 Å². The minimum Gasteiger partial charge on any atom is -0.397 e. The molecule has 0 aliphatic heterocycles. The second-order valence-electron chi connectivity index (χ2n) is 4.29. The molecule has 0 spiro atoms. The Morgan fingerprint density at radius 2 is 2.11 bits per heavy atom. The second-order valence-corrected chi connectivity index (χ2v) is 5.85. The number of hydrogen-bond donors (Lipinski definition) is 4. The molecule has 0 aliphatic carbocycles. The standard InChI is InChI=1S/C11H19N3O3S/c1-8(4-5-15)7-14-11-6-9(18(13,16)17)2-3-10(11)12/h2-3,6,8,14-15H,4-5,7,12H2,1H3,(H2,13,16,17). The summed E-state index contributed by atoms with van der Waals surface area (Å²) in [5.74, 6) is 0.257. The number of hydrogen-bond acceptors (Lipinski definition) is 5. The summed E-state index contributed by atoms with van der Waals surface area (Å²) in [6, 6.07) is 4.28. The van der Waals surface area contributed by atoms with Gasteiger partial charge in [0.1, 0.15) is 0 Å². The minimum absolute atomic E-state index is 0.0222. The quantitative estimate of drug-likeness (QED) is 0.558. The van der Waals surface area contributed by atoms with E-state index >= 15 is 0 Å². The van der Waals surface area contributed by atoms with Crippen LogP contribution in [0.5, 0.6) is 0 Å². The van der Waals surface area contributed by atoms with Crippen LogP contribution in [-0.4, -0.2) is 26.7 Å². The van der Waals surface area contributed by atoms with Crippen molar-refractivity contribution in [2.75, 3.05) is 24.2 Å². The molecule has 6 N–H and O–H groups in total. The Hall–Kier alpha value is -1.31. The molecule has 0 saturated carbocycles. The predicted molar refractivity (Wildman–Crippen MR) is 71.6 cm³/mol. The molecule has 18 heavy (non-hydrogen) atoms. The molecule has 0 aromatic heterocycles. The molecule has 0 fully saturated rings. The fraction of sp³-hybridized carbons (Fsp3) is 0.455. The Morgan fingerprint density at radius 1 is 1.44 bits per heavy atom. The largest absolute Gasteiger partial charge is 0.397 e. The lowest BCUT2D eigenvalue weighted by molar-refractivity contribution is 0.266. The van der Waals surface area contributed by atoms with E-state index in [4.69, 9.17) is 16.0 Å². The number of anilines is 2. The summed E-state index contributed by atoms with van der Waals surface area (Å²) in [4.78, 5) is 0.0222. The molecule has 1 rings (SSSR count). The van der Waals surface area contributed by atoms with Gasteiger partial charge in [-0.25, -0.2) is 13.6 Å². The number of aliphatic hydroxyl groups excluding tert-OH is 1. The molecular formula is C11H19N3O3S. The molecule has 1 atom stereocenters. The second kappa shape index (κ2) is 6.03. The van der Waals surface area contributed by atoms with Crippen LogP contribution in [0, 0.1) is 5.92 Å². The molecule has 0 saturated heterocycles. The summed E-state index contributed by atoms with van der Waals surface area (Å²) in [6.07, 6.45) is 0.668. The maximum Gasteiger partial charge on any atom is 0.238 e. The summed E-state index contributed by atoms with van der Waals surface area (Å²) in [6.45, 7) is 2.69. The van der Waals surface area contributed by atoms with Gasteiger partial charge in [-0.15, -0.1) is 0 Å². The Labute approximate surface area is 107 Å². The first-order valence-corrected chi connectivity index (χ1v) is 7.16. The monoisotopic (exact) mass is 273 g/mol. The van der Waals surface area contributed by atoms with Crippen molar-refractivity contribution in [3.8, 4) is 0 Å². The van der Waals surface area contributed by atoms with Crippen molar-refractivity contribution < 1.29 is 13.5 Å². The number of primary sulfonamides is 1. The van der Waals surface area contributed by atoms with Crippen molar-refractivity contribution >= 4 is 21.4 Å². The van der Waals surface area contributed by atoms with Crippen LogP contribution in [0.1, 0.15) is 13.3 Å². The van der Waals surface area contributed by atoms with Gasteiger partial charge >= 0.3 is 0 Å². The van der Waals surface area contributed by atoms with Crippen LogP contribution >= 0.6 is 0 Å². The molecule has 0 bridgehead atoms. The smallest absolute Gasteiger partial charge is 0.238 e. The first kappa shape index (κ1) is 14.7. The molecule has 0 heterocycles. The number of aliphatic hydroxyl groups is 1. The van der Waals surface area contributed by atoms with Crippen LogP contribution in [0.25, 0.3) is 0 Å². The van der Waals surface area contributed by atoms with Crippen molar-refractivity contribution in [1.29, 1.82) is 0 Å². The Morgan fingerprint density at radius 3 is 2.67 bits per heavy atom. The third kappa shape index (κ3) is 4.17. The average molecular weight is 273 g/mol. The van der Waals surface area contributed by atoms with Crippen LogP contribution in [0.2, 0.25) is 0 Å². The van der Waals surface area contributed by atoms with Crippen LogP contribution < -0.4 is 16.2 Å². The van der Waals surface area contributed by atoms with Gasteiger partial charge < -0.3 is 16.2 Å². The van der Waals surface area contributed by atoms with E-state index in [9.17, 15) is 8.42 Å². The molecule has 7 heteroatoms. The molecule has 1 aromatic rings. The lowest BCUT2D eigenvalue weighted by Crippen LogP contribution is -2.15. The van der Waals surface area contributed by atoms with E-state index in [1.165, 1.54) is 18.2 Å². The highest BCUT2D eigenvalue weighted by atomic mass is 32.2. The van der Waals surface area contributed by atoms with Gasteiger partial charge in [0.2, 0.25) is 10.0 Å². The van der Waals surface area contributed by atoms with E-state index in [1.807, 2.05) is 6.92 Å².